The second-order valence-electron chi connectivity index (χ2n) is 5.52. The second-order valence-corrected chi connectivity index (χ2v) is 5.52. The van der Waals surface area contributed by atoms with E-state index in [0.717, 1.165) is 11.1 Å². The maximum atomic E-state index is 13.0. The minimum absolute atomic E-state index is 0.136. The molecule has 0 aliphatic heterocycles. The molecule has 0 aliphatic rings. The first-order valence-corrected chi connectivity index (χ1v) is 7.56. The molecule has 1 aromatic carbocycles. The number of nitriles is 1. The Labute approximate surface area is 146 Å². The number of allylic oxidation sites excluding steroid dienone is 3. The molecular weight excluding hydrogens is 314 g/mol. The molecule has 5 heteroatoms. The van der Waals surface area contributed by atoms with E-state index in [4.69, 9.17) is 15.4 Å². The lowest BCUT2D eigenvalue weighted by Crippen LogP contribution is -2.36. The van der Waals surface area contributed by atoms with Crippen LogP contribution in [0.5, 0.6) is 5.75 Å². The third-order valence-electron chi connectivity index (χ3n) is 3.53. The van der Waals surface area contributed by atoms with E-state index >= 15 is 0 Å². The molecule has 2 aromatic rings. The van der Waals surface area contributed by atoms with Crippen molar-refractivity contribution in [2.75, 3.05) is 7.11 Å². The smallest absolute Gasteiger partial charge is 0.260 e. The molecule has 124 valence electrons. The standard InChI is InChI=1S/C20H17N3O2/c1-14-8-15(2)13-23(12-14)19(9-16(10-21)11-22)20(24)17-4-6-18(25-3)7-5-17/h4-9,12-13H,1-3H3/b19-9-. The molecule has 0 unspecified atom stereocenters. The van der Waals surface area contributed by atoms with Crippen LogP contribution in [0.2, 0.25) is 0 Å². The van der Waals surface area contributed by atoms with Crippen LogP contribution >= 0.6 is 0 Å². The average molecular weight is 331 g/mol. The largest absolute Gasteiger partial charge is 0.762 e. The van der Waals surface area contributed by atoms with Gasteiger partial charge in [-0.1, -0.05) is 0 Å². The maximum Gasteiger partial charge on any atom is 0.260 e. The number of pyridine rings is 1. The van der Waals surface area contributed by atoms with Gasteiger partial charge in [-0.25, -0.2) is 0 Å². The molecule has 0 aliphatic carbocycles. The van der Waals surface area contributed by atoms with Gasteiger partial charge in [0.2, 0.25) is 0 Å². The molecule has 1 heterocycles. The van der Waals surface area contributed by atoms with E-state index in [1.165, 1.54) is 6.08 Å². The van der Waals surface area contributed by atoms with Crippen LogP contribution < -0.4 is 9.30 Å². The lowest BCUT2D eigenvalue weighted by molar-refractivity contribution is -0.577. The molecule has 2 rings (SSSR count). The van der Waals surface area contributed by atoms with Crippen molar-refractivity contribution in [3.05, 3.63) is 76.5 Å². The summed E-state index contributed by atoms with van der Waals surface area (Å²) in [6, 6.07) is 10.5. The molecule has 0 amide bonds. The molecule has 0 bridgehead atoms. The van der Waals surface area contributed by atoms with Crippen LogP contribution in [0, 0.1) is 25.2 Å². The van der Waals surface area contributed by atoms with Crippen LogP contribution in [0.4, 0.5) is 0 Å². The van der Waals surface area contributed by atoms with Crippen molar-refractivity contribution < 1.29 is 14.1 Å². The molecule has 0 saturated heterocycles. The lowest BCUT2D eigenvalue weighted by Gasteiger charge is -2.05. The van der Waals surface area contributed by atoms with Gasteiger partial charge in [0.1, 0.15) is 11.8 Å². The summed E-state index contributed by atoms with van der Waals surface area (Å²) in [5.41, 5.74) is 2.46. The van der Waals surface area contributed by atoms with Gasteiger partial charge in [0.25, 0.3) is 11.5 Å². The fourth-order valence-electron chi connectivity index (χ4n) is 2.42. The number of carbonyl (C=O) groups excluding carboxylic acids is 1. The average Bonchev–Trinajstić information content (AvgIpc) is 2.61. The van der Waals surface area contributed by atoms with Crippen molar-refractivity contribution in [1.29, 1.82) is 5.26 Å². The third-order valence-corrected chi connectivity index (χ3v) is 3.53. The van der Waals surface area contributed by atoms with Gasteiger partial charge in [0.05, 0.1) is 12.7 Å². The number of aromatic nitrogens is 1. The maximum absolute atomic E-state index is 13.0. The SMILES string of the molecule is COc1ccc(C(=O)/C(=C/C(=C=[N-])C#N)[n+]2cc(C)cc(C)c2)cc1. The summed E-state index contributed by atoms with van der Waals surface area (Å²) < 4.78 is 6.75. The zero-order valence-electron chi connectivity index (χ0n) is 14.3. The van der Waals surface area contributed by atoms with Crippen molar-refractivity contribution >= 4 is 17.4 Å². The highest BCUT2D eigenvalue weighted by Crippen LogP contribution is 2.16. The molecule has 0 N–H and O–H groups in total. The Morgan fingerprint density at radius 1 is 1.20 bits per heavy atom. The molecule has 0 fully saturated rings. The van der Waals surface area contributed by atoms with Crippen LogP contribution in [0.25, 0.3) is 11.1 Å². The van der Waals surface area contributed by atoms with Crippen LogP contribution in [-0.4, -0.2) is 18.8 Å². The highest BCUT2D eigenvalue weighted by Gasteiger charge is 2.23. The molecular formula is C20H17N3O2. The Hall–Kier alpha value is -3.48. The zero-order chi connectivity index (χ0) is 18.4. The summed E-state index contributed by atoms with van der Waals surface area (Å²) in [4.78, 5) is 13.0. The molecule has 0 saturated carbocycles. The topological polar surface area (TPSA) is 76.3 Å². The summed E-state index contributed by atoms with van der Waals surface area (Å²) in [5.74, 6) is 2.15. The van der Waals surface area contributed by atoms with Gasteiger partial charge in [-0.15, -0.1) is 0 Å². The number of ether oxygens (including phenoxy) is 1. The number of benzene rings is 1. The van der Waals surface area contributed by atoms with Gasteiger partial charge in [0, 0.05) is 22.8 Å². The van der Waals surface area contributed by atoms with E-state index in [-0.39, 0.29) is 17.1 Å². The number of aryl methyl sites for hydroxylation is 2. The van der Waals surface area contributed by atoms with Crippen molar-refractivity contribution in [1.82, 2.24) is 0 Å². The van der Waals surface area contributed by atoms with Gasteiger partial charge >= 0.3 is 0 Å². The zero-order valence-corrected chi connectivity index (χ0v) is 14.3. The number of carbonyl (C=O) groups is 1. The van der Waals surface area contributed by atoms with Crippen molar-refractivity contribution in [2.24, 2.45) is 0 Å². The van der Waals surface area contributed by atoms with E-state index in [9.17, 15) is 4.79 Å². The summed E-state index contributed by atoms with van der Waals surface area (Å²) in [7, 11) is 1.55. The van der Waals surface area contributed by atoms with E-state index in [2.05, 4.69) is 0 Å². The van der Waals surface area contributed by atoms with Gasteiger partial charge in [-0.3, -0.25) is 10.7 Å². The Morgan fingerprint density at radius 3 is 2.28 bits per heavy atom. The first-order chi connectivity index (χ1) is 12.0. The minimum atomic E-state index is -0.291. The Bertz CT molecular complexity index is 908. The monoisotopic (exact) mass is 331 g/mol. The fraction of sp³-hybridized carbons (Fsp3) is 0.150. The Kier molecular flexibility index (Phi) is 5.62. The predicted molar refractivity (Wildman–Crippen MR) is 95.2 cm³/mol. The number of hydrogen-bond acceptors (Lipinski definition) is 3. The quantitative estimate of drug-likeness (QED) is 0.211. The van der Waals surface area contributed by atoms with E-state index < -0.39 is 0 Å². The van der Waals surface area contributed by atoms with Crippen molar-refractivity contribution in [3.8, 4) is 11.8 Å². The summed E-state index contributed by atoms with van der Waals surface area (Å²) in [5, 5.41) is 18.1. The molecule has 1 aromatic heterocycles. The predicted octanol–water partition coefficient (Wildman–Crippen LogP) is 3.01. The second kappa shape index (κ2) is 7.87. The highest BCUT2D eigenvalue weighted by atomic mass is 16.5. The van der Waals surface area contributed by atoms with Crippen molar-refractivity contribution in [2.45, 2.75) is 13.8 Å². The first kappa shape index (κ1) is 17.9. The van der Waals surface area contributed by atoms with Gasteiger partial charge < -0.3 is 10.1 Å². The number of hydrogen-bond donors (Lipinski definition) is 0. The molecule has 5 nitrogen and oxygen atoms in total. The van der Waals surface area contributed by atoms with Gasteiger partial charge in [0.15, 0.2) is 12.4 Å². The summed E-state index contributed by atoms with van der Waals surface area (Å²) in [6.45, 7) is 3.83. The van der Waals surface area contributed by atoms with Crippen LogP contribution in [0.1, 0.15) is 21.5 Å². The molecule has 25 heavy (non-hydrogen) atoms. The number of ketones is 1. The minimum Gasteiger partial charge on any atom is -0.762 e. The fourth-order valence-corrected chi connectivity index (χ4v) is 2.42. The van der Waals surface area contributed by atoms with E-state index in [1.807, 2.05) is 19.9 Å². The van der Waals surface area contributed by atoms with E-state index in [1.54, 1.807) is 60.3 Å². The van der Waals surface area contributed by atoms with Crippen LogP contribution in [-0.2, 0) is 0 Å². The van der Waals surface area contributed by atoms with E-state index in [0.29, 0.717) is 11.3 Å². The van der Waals surface area contributed by atoms with Gasteiger partial charge in [-0.2, -0.15) is 9.83 Å². The third kappa shape index (κ3) is 4.29. The molecule has 0 radical (unpaired) electrons. The van der Waals surface area contributed by atoms with Crippen molar-refractivity contribution in [3.63, 3.8) is 0 Å². The highest BCUT2D eigenvalue weighted by molar-refractivity contribution is 6.22. The van der Waals surface area contributed by atoms with Crippen LogP contribution in [0.3, 0.4) is 0 Å². The normalized spacial score (nSPS) is 10.6. The number of Topliss-reactive ketones (excluding diaryl/α,β-unsaturated/α-hetero) is 1. The Balaban J connectivity index is 2.60. The number of nitrogens with zero attached hydrogens (tertiary/aromatic N) is 3. The lowest BCUT2D eigenvalue weighted by atomic mass is 10.1. The first-order valence-electron chi connectivity index (χ1n) is 7.56. The number of rotatable bonds is 5. The summed E-state index contributed by atoms with van der Waals surface area (Å²) in [6.07, 6.45) is 4.88. The molecule has 0 spiro atoms. The Morgan fingerprint density at radius 2 is 1.80 bits per heavy atom. The van der Waals surface area contributed by atoms with Crippen LogP contribution in [0.15, 0.2) is 54.4 Å². The number of methoxy groups -OCH3 is 1. The summed E-state index contributed by atoms with van der Waals surface area (Å²) >= 11 is 0. The molecule has 0 atom stereocenters. The van der Waals surface area contributed by atoms with Gasteiger partial charge in [-0.05, 0) is 44.2 Å².